The van der Waals surface area contributed by atoms with Gasteiger partial charge in [-0.15, -0.1) is 11.3 Å². The Balaban J connectivity index is 1.73. The lowest BCUT2D eigenvalue weighted by Gasteiger charge is -2.15. The summed E-state index contributed by atoms with van der Waals surface area (Å²) in [5.74, 6) is 0.0513. The summed E-state index contributed by atoms with van der Waals surface area (Å²) in [6.45, 7) is 9.60. The van der Waals surface area contributed by atoms with Gasteiger partial charge in [0.1, 0.15) is 0 Å². The topological polar surface area (TPSA) is 48.5 Å². The summed E-state index contributed by atoms with van der Waals surface area (Å²) in [5, 5.41) is 6.26. The first-order valence-corrected chi connectivity index (χ1v) is 8.24. The number of nitrogens with zero attached hydrogens (tertiary/aromatic N) is 3. The predicted octanol–water partition coefficient (Wildman–Crippen LogP) is 1.70. The van der Waals surface area contributed by atoms with Gasteiger partial charge in [-0.2, -0.15) is 0 Å². The molecule has 0 radical (unpaired) electrons. The molecule has 0 saturated carbocycles. The number of hydrogen-bond donors (Lipinski definition) is 1. The minimum absolute atomic E-state index is 0.0513. The second kappa shape index (κ2) is 7.71. The van der Waals surface area contributed by atoms with E-state index in [0.29, 0.717) is 6.54 Å². The van der Waals surface area contributed by atoms with Crippen molar-refractivity contribution >= 4 is 22.4 Å². The number of amides is 1. The molecule has 0 aliphatic carbocycles. The Morgan fingerprint density at radius 1 is 1.50 bits per heavy atom. The Bertz CT molecular complexity index is 429. The van der Waals surface area contributed by atoms with Gasteiger partial charge in [-0.3, -0.25) is 9.69 Å². The molecule has 0 atom stereocenters. The molecule has 6 heteroatoms. The number of anilines is 1. The molecule has 1 aliphatic rings. The van der Waals surface area contributed by atoms with E-state index in [1.54, 1.807) is 11.8 Å². The molecule has 1 aliphatic heterocycles. The van der Waals surface area contributed by atoms with Crippen molar-refractivity contribution in [3.05, 3.63) is 11.1 Å². The third kappa shape index (κ3) is 4.26. The van der Waals surface area contributed by atoms with E-state index in [0.717, 1.165) is 30.5 Å². The third-order valence-electron chi connectivity index (χ3n) is 3.58. The first kappa shape index (κ1) is 15.4. The largest absolute Gasteiger partial charge is 0.310 e. The normalized spacial score (nSPS) is 15.7. The molecule has 5 nitrogen and oxygen atoms in total. The van der Waals surface area contributed by atoms with E-state index in [1.165, 1.54) is 37.3 Å². The van der Waals surface area contributed by atoms with Crippen LogP contribution in [0, 0.1) is 0 Å². The molecule has 0 bridgehead atoms. The molecule has 0 spiro atoms. The highest BCUT2D eigenvalue weighted by molar-refractivity contribution is 7.14. The fourth-order valence-corrected chi connectivity index (χ4v) is 3.39. The second-order valence-corrected chi connectivity index (χ2v) is 5.95. The Hall–Kier alpha value is -0.980. The summed E-state index contributed by atoms with van der Waals surface area (Å²) in [4.78, 5) is 20.2. The van der Waals surface area contributed by atoms with Crippen molar-refractivity contribution in [2.24, 2.45) is 0 Å². The van der Waals surface area contributed by atoms with E-state index in [2.05, 4.69) is 15.2 Å². The maximum Gasteiger partial charge on any atom is 0.225 e. The molecule has 2 heterocycles. The highest BCUT2D eigenvalue weighted by Crippen LogP contribution is 2.20. The molecule has 1 fully saturated rings. The molecule has 1 aromatic heterocycles. The van der Waals surface area contributed by atoms with Gasteiger partial charge in [-0.25, -0.2) is 4.98 Å². The van der Waals surface area contributed by atoms with E-state index in [1.807, 2.05) is 12.3 Å². The third-order valence-corrected chi connectivity index (χ3v) is 4.49. The van der Waals surface area contributed by atoms with Gasteiger partial charge in [0, 0.05) is 38.5 Å². The number of carbonyl (C=O) groups excluding carboxylic acids is 1. The molecule has 1 saturated heterocycles. The van der Waals surface area contributed by atoms with Crippen LogP contribution < -0.4 is 10.2 Å². The van der Waals surface area contributed by atoms with Gasteiger partial charge in [0.05, 0.1) is 5.69 Å². The smallest absolute Gasteiger partial charge is 0.225 e. The van der Waals surface area contributed by atoms with Crippen LogP contribution in [0.25, 0.3) is 0 Å². The lowest BCUT2D eigenvalue weighted by atomic mass is 10.4. The fraction of sp³-hybridized carbons (Fsp3) is 0.714. The number of rotatable bonds is 7. The van der Waals surface area contributed by atoms with Crippen molar-refractivity contribution in [3.8, 4) is 0 Å². The number of likely N-dealkylation sites (tertiary alicyclic amines) is 1. The number of aromatic nitrogens is 1. The Morgan fingerprint density at radius 2 is 2.25 bits per heavy atom. The van der Waals surface area contributed by atoms with Crippen molar-refractivity contribution < 1.29 is 4.79 Å². The van der Waals surface area contributed by atoms with E-state index in [9.17, 15) is 4.79 Å². The summed E-state index contributed by atoms with van der Waals surface area (Å²) in [6.07, 6.45) is 2.68. The summed E-state index contributed by atoms with van der Waals surface area (Å²) >= 11 is 1.54. The van der Waals surface area contributed by atoms with Crippen LogP contribution >= 0.6 is 11.3 Å². The molecular weight excluding hydrogens is 272 g/mol. The Kier molecular flexibility index (Phi) is 5.94. The molecule has 2 rings (SSSR count). The van der Waals surface area contributed by atoms with Crippen LogP contribution in [-0.4, -0.2) is 48.5 Å². The maximum absolute atomic E-state index is 11.5. The summed E-state index contributed by atoms with van der Waals surface area (Å²) in [7, 11) is 0. The highest BCUT2D eigenvalue weighted by Gasteiger charge is 2.13. The molecule has 1 N–H and O–H groups in total. The van der Waals surface area contributed by atoms with Crippen molar-refractivity contribution in [2.45, 2.75) is 33.2 Å². The summed E-state index contributed by atoms with van der Waals surface area (Å²) in [6, 6.07) is 0. The van der Waals surface area contributed by atoms with Crippen LogP contribution in [-0.2, 0) is 11.3 Å². The highest BCUT2D eigenvalue weighted by atomic mass is 32.1. The van der Waals surface area contributed by atoms with Crippen molar-refractivity contribution in [1.29, 1.82) is 0 Å². The summed E-state index contributed by atoms with van der Waals surface area (Å²) in [5.41, 5.74) is 1.02. The number of nitrogens with one attached hydrogen (secondary N) is 1. The zero-order chi connectivity index (χ0) is 14.4. The molecule has 112 valence electrons. The first-order chi connectivity index (χ1) is 9.70. The number of carbonyl (C=O) groups is 1. The second-order valence-electron chi connectivity index (χ2n) is 5.11. The average molecular weight is 296 g/mol. The van der Waals surface area contributed by atoms with E-state index in [4.69, 9.17) is 0 Å². The van der Waals surface area contributed by atoms with Crippen molar-refractivity contribution in [3.63, 3.8) is 0 Å². The van der Waals surface area contributed by atoms with Gasteiger partial charge in [-0.05, 0) is 32.9 Å². The Morgan fingerprint density at radius 3 is 2.90 bits per heavy atom. The zero-order valence-corrected chi connectivity index (χ0v) is 13.2. The minimum Gasteiger partial charge on any atom is -0.310 e. The van der Waals surface area contributed by atoms with Gasteiger partial charge in [0.2, 0.25) is 5.91 Å². The Labute approximate surface area is 125 Å². The standard InChI is InChI=1S/C14H24N4OS/c1-3-18(12(2)19)14-16-13(11-20-14)10-15-6-9-17-7-4-5-8-17/h11,15H,3-10H2,1-2H3. The van der Waals surface area contributed by atoms with Gasteiger partial charge >= 0.3 is 0 Å². The van der Waals surface area contributed by atoms with E-state index in [-0.39, 0.29) is 5.91 Å². The SMILES string of the molecule is CCN(C(C)=O)c1nc(CNCCN2CCCC2)cs1. The van der Waals surface area contributed by atoms with Crippen LogP contribution in [0.15, 0.2) is 5.38 Å². The van der Waals surface area contributed by atoms with Gasteiger partial charge in [0.15, 0.2) is 5.13 Å². The predicted molar refractivity (Wildman–Crippen MR) is 83.2 cm³/mol. The van der Waals surface area contributed by atoms with Crippen LogP contribution in [0.5, 0.6) is 0 Å². The molecule has 0 aromatic carbocycles. The maximum atomic E-state index is 11.5. The lowest BCUT2D eigenvalue weighted by Crippen LogP contribution is -2.30. The van der Waals surface area contributed by atoms with Crippen molar-refractivity contribution in [1.82, 2.24) is 15.2 Å². The molecule has 1 aromatic rings. The summed E-state index contributed by atoms with van der Waals surface area (Å²) < 4.78 is 0. The van der Waals surface area contributed by atoms with Crippen LogP contribution in [0.1, 0.15) is 32.4 Å². The zero-order valence-electron chi connectivity index (χ0n) is 12.4. The monoisotopic (exact) mass is 296 g/mol. The van der Waals surface area contributed by atoms with Crippen LogP contribution in [0.2, 0.25) is 0 Å². The van der Waals surface area contributed by atoms with Crippen molar-refractivity contribution in [2.75, 3.05) is 37.6 Å². The molecular formula is C14H24N4OS. The van der Waals surface area contributed by atoms with Crippen LogP contribution in [0.4, 0.5) is 5.13 Å². The molecule has 0 unspecified atom stereocenters. The van der Waals surface area contributed by atoms with Gasteiger partial charge in [0.25, 0.3) is 0 Å². The number of hydrogen-bond acceptors (Lipinski definition) is 5. The molecule has 20 heavy (non-hydrogen) atoms. The first-order valence-electron chi connectivity index (χ1n) is 7.36. The van der Waals surface area contributed by atoms with E-state index >= 15 is 0 Å². The quantitative estimate of drug-likeness (QED) is 0.778. The molecule has 1 amide bonds. The van der Waals surface area contributed by atoms with Gasteiger partial charge in [-0.1, -0.05) is 0 Å². The lowest BCUT2D eigenvalue weighted by molar-refractivity contribution is -0.116. The number of thiazole rings is 1. The minimum atomic E-state index is 0.0513. The van der Waals surface area contributed by atoms with E-state index < -0.39 is 0 Å². The average Bonchev–Trinajstić information content (AvgIpc) is 3.06. The van der Waals surface area contributed by atoms with Crippen LogP contribution in [0.3, 0.4) is 0 Å². The van der Waals surface area contributed by atoms with Gasteiger partial charge < -0.3 is 10.2 Å². The fourth-order valence-electron chi connectivity index (χ4n) is 2.45.